The predicted molar refractivity (Wildman–Crippen MR) is 94.8 cm³/mol. The van der Waals surface area contributed by atoms with E-state index in [2.05, 4.69) is 26.4 Å². The molecule has 9 heteroatoms. The van der Waals surface area contributed by atoms with E-state index in [1.165, 1.54) is 30.8 Å². The zero-order valence-corrected chi connectivity index (χ0v) is 14.5. The topological polar surface area (TPSA) is 111 Å². The van der Waals surface area contributed by atoms with Crippen molar-refractivity contribution in [1.82, 2.24) is 19.4 Å². The molecule has 0 aromatic carbocycles. The minimum absolute atomic E-state index is 0.128. The maximum Gasteiger partial charge on any atom is 0.332 e. The number of nitrogens with zero attached hydrogens (tertiary/aromatic N) is 5. The highest BCUT2D eigenvalue weighted by Gasteiger charge is 2.38. The summed E-state index contributed by atoms with van der Waals surface area (Å²) < 4.78 is 2.24. The van der Waals surface area contributed by atoms with Crippen molar-refractivity contribution in [2.75, 3.05) is 6.54 Å². The second-order valence-electron chi connectivity index (χ2n) is 6.17. The number of amides is 1. The van der Waals surface area contributed by atoms with Gasteiger partial charge in [-0.05, 0) is 12.1 Å². The zero-order chi connectivity index (χ0) is 18.9. The van der Waals surface area contributed by atoms with E-state index in [9.17, 15) is 14.4 Å². The van der Waals surface area contributed by atoms with Crippen molar-refractivity contribution in [3.05, 3.63) is 38.7 Å². The number of hydrogen-bond acceptors (Lipinski definition) is 6. The van der Waals surface area contributed by atoms with Crippen LogP contribution in [0.5, 0.6) is 0 Å². The van der Waals surface area contributed by atoms with Gasteiger partial charge in [0, 0.05) is 39.9 Å². The molecule has 9 nitrogen and oxygen atoms in total. The Morgan fingerprint density at radius 2 is 1.96 bits per heavy atom. The van der Waals surface area contributed by atoms with Gasteiger partial charge in [0.2, 0.25) is 0 Å². The summed E-state index contributed by atoms with van der Waals surface area (Å²) in [5.41, 5.74) is -1.12. The molecule has 0 radical (unpaired) electrons. The fraction of sp³-hybridized carbons (Fsp3) is 0.412. The fourth-order valence-corrected chi connectivity index (χ4v) is 2.72. The number of pyridine rings is 1. The molecular formula is C17H18N6O3. The van der Waals surface area contributed by atoms with Crippen LogP contribution >= 0.6 is 0 Å². The molecule has 2 aromatic heterocycles. The number of rotatable bonds is 6. The summed E-state index contributed by atoms with van der Waals surface area (Å²) in [6.45, 7) is 0.367. The van der Waals surface area contributed by atoms with Gasteiger partial charge < -0.3 is 5.32 Å². The number of terminal acetylenes is 1. The van der Waals surface area contributed by atoms with E-state index in [4.69, 9.17) is 6.42 Å². The molecule has 1 aliphatic rings. The minimum Gasteiger partial charge on any atom is -0.351 e. The summed E-state index contributed by atoms with van der Waals surface area (Å²) in [6.07, 6.45) is 7.05. The van der Waals surface area contributed by atoms with Crippen LogP contribution in [0.15, 0.2) is 32.0 Å². The number of aryl methyl sites for hydroxylation is 1. The van der Waals surface area contributed by atoms with Crippen LogP contribution in [0.2, 0.25) is 0 Å². The monoisotopic (exact) mass is 354 g/mol. The summed E-state index contributed by atoms with van der Waals surface area (Å²) in [5, 5.41) is 11.0. The fourth-order valence-electron chi connectivity index (χ4n) is 2.72. The Hall–Kier alpha value is -3.28. The maximum absolute atomic E-state index is 12.3. The van der Waals surface area contributed by atoms with Gasteiger partial charge >= 0.3 is 5.69 Å². The Morgan fingerprint density at radius 1 is 1.23 bits per heavy atom. The number of carbonyl (C=O) groups is 1. The summed E-state index contributed by atoms with van der Waals surface area (Å²) in [4.78, 5) is 40.6. The van der Waals surface area contributed by atoms with Crippen LogP contribution < -0.4 is 16.6 Å². The van der Waals surface area contributed by atoms with Crippen LogP contribution in [0.25, 0.3) is 11.0 Å². The number of nitrogens with one attached hydrogen (secondary N) is 1. The van der Waals surface area contributed by atoms with Crippen molar-refractivity contribution < 1.29 is 4.79 Å². The van der Waals surface area contributed by atoms with E-state index < -0.39 is 22.8 Å². The first-order valence-electron chi connectivity index (χ1n) is 8.11. The van der Waals surface area contributed by atoms with Gasteiger partial charge in [0.1, 0.15) is 11.3 Å². The Balaban J connectivity index is 1.74. The third kappa shape index (κ3) is 3.13. The van der Waals surface area contributed by atoms with Gasteiger partial charge in [-0.15, -0.1) is 12.3 Å². The Kier molecular flexibility index (Phi) is 4.42. The Bertz CT molecular complexity index is 1070. The molecule has 26 heavy (non-hydrogen) atoms. The van der Waals surface area contributed by atoms with E-state index >= 15 is 0 Å². The second kappa shape index (κ2) is 6.55. The van der Waals surface area contributed by atoms with Crippen LogP contribution in [-0.2, 0) is 14.1 Å². The molecule has 0 unspecified atom stereocenters. The Labute approximate surface area is 148 Å². The summed E-state index contributed by atoms with van der Waals surface area (Å²) in [6, 6.07) is 2.96. The van der Waals surface area contributed by atoms with Crippen molar-refractivity contribution in [2.24, 2.45) is 24.3 Å². The van der Waals surface area contributed by atoms with Gasteiger partial charge in [-0.2, -0.15) is 10.2 Å². The van der Waals surface area contributed by atoms with E-state index in [-0.39, 0.29) is 16.7 Å². The third-order valence-electron chi connectivity index (χ3n) is 4.40. The van der Waals surface area contributed by atoms with Gasteiger partial charge in [-0.1, -0.05) is 0 Å². The van der Waals surface area contributed by atoms with Gasteiger partial charge in [0.15, 0.2) is 5.66 Å². The largest absolute Gasteiger partial charge is 0.351 e. The zero-order valence-electron chi connectivity index (χ0n) is 14.5. The van der Waals surface area contributed by atoms with E-state index in [1.54, 1.807) is 0 Å². The van der Waals surface area contributed by atoms with Gasteiger partial charge in [-0.25, -0.2) is 9.78 Å². The van der Waals surface area contributed by atoms with E-state index in [0.29, 0.717) is 25.8 Å². The average molecular weight is 354 g/mol. The molecule has 3 rings (SSSR count). The highest BCUT2D eigenvalue weighted by molar-refractivity contribution is 5.94. The first-order chi connectivity index (χ1) is 12.4. The molecule has 1 amide bonds. The Morgan fingerprint density at radius 3 is 2.62 bits per heavy atom. The van der Waals surface area contributed by atoms with Crippen LogP contribution in [0.3, 0.4) is 0 Å². The summed E-state index contributed by atoms with van der Waals surface area (Å²) in [5.74, 6) is 2.16. The third-order valence-corrected chi connectivity index (χ3v) is 4.40. The number of carbonyl (C=O) groups excluding carboxylic acids is 1. The van der Waals surface area contributed by atoms with Crippen molar-refractivity contribution in [3.63, 3.8) is 0 Å². The molecule has 134 valence electrons. The lowest BCUT2D eigenvalue weighted by Crippen LogP contribution is -2.37. The normalized spacial score (nSPS) is 14.2. The first kappa shape index (κ1) is 17.5. The molecule has 1 N–H and O–H groups in total. The molecule has 0 bridgehead atoms. The molecule has 1 aliphatic heterocycles. The van der Waals surface area contributed by atoms with Crippen LogP contribution in [0, 0.1) is 12.3 Å². The lowest BCUT2D eigenvalue weighted by atomic mass is 10.0. The SMILES string of the molecule is C#CCCC1(CCNC(=O)c2ccc3c(=O)n(C)c(=O)n(C)c3n2)N=N1. The minimum atomic E-state index is -0.500. The summed E-state index contributed by atoms with van der Waals surface area (Å²) in [7, 11) is 2.90. The molecule has 0 spiro atoms. The molecule has 0 fully saturated rings. The number of hydrogen-bond donors (Lipinski definition) is 1. The molecule has 3 heterocycles. The van der Waals surface area contributed by atoms with Gasteiger partial charge in [-0.3, -0.25) is 18.7 Å². The van der Waals surface area contributed by atoms with Crippen molar-refractivity contribution in [1.29, 1.82) is 0 Å². The first-order valence-corrected chi connectivity index (χ1v) is 8.11. The van der Waals surface area contributed by atoms with Crippen molar-refractivity contribution in [3.8, 4) is 12.3 Å². The van der Waals surface area contributed by atoms with E-state index in [1.807, 2.05) is 0 Å². The van der Waals surface area contributed by atoms with Crippen LogP contribution in [-0.4, -0.2) is 32.2 Å². The average Bonchev–Trinajstić information content (AvgIpc) is 3.42. The highest BCUT2D eigenvalue weighted by Crippen LogP contribution is 2.36. The van der Waals surface area contributed by atoms with Crippen molar-refractivity contribution >= 4 is 16.9 Å². The smallest absolute Gasteiger partial charge is 0.332 e. The van der Waals surface area contributed by atoms with Crippen LogP contribution in [0.4, 0.5) is 0 Å². The van der Waals surface area contributed by atoms with E-state index in [0.717, 1.165) is 4.57 Å². The maximum atomic E-state index is 12.3. The molecular weight excluding hydrogens is 336 g/mol. The molecule has 0 aliphatic carbocycles. The highest BCUT2D eigenvalue weighted by atomic mass is 16.2. The predicted octanol–water partition coefficient (Wildman–Crippen LogP) is 0.328. The molecule has 0 saturated carbocycles. The summed E-state index contributed by atoms with van der Waals surface area (Å²) >= 11 is 0. The van der Waals surface area contributed by atoms with Crippen LogP contribution in [0.1, 0.15) is 29.8 Å². The standard InChI is InChI=1S/C17H18N6O3/c1-4-5-8-17(20-21-17)9-10-18-14(24)12-7-6-11-13(19-12)22(2)16(26)23(3)15(11)25/h1,6-7H,5,8-10H2,2-3H3,(H,18,24). The van der Waals surface area contributed by atoms with Gasteiger partial charge in [0.05, 0.1) is 5.39 Å². The molecule has 2 aromatic rings. The molecule has 0 saturated heterocycles. The quantitative estimate of drug-likeness (QED) is 0.754. The lowest BCUT2D eigenvalue weighted by Gasteiger charge is -2.11. The second-order valence-corrected chi connectivity index (χ2v) is 6.17. The molecule has 0 atom stereocenters. The van der Waals surface area contributed by atoms with Gasteiger partial charge in [0.25, 0.3) is 11.5 Å². The van der Waals surface area contributed by atoms with Crippen molar-refractivity contribution in [2.45, 2.75) is 24.9 Å². The lowest BCUT2D eigenvalue weighted by molar-refractivity contribution is 0.0947. The number of aromatic nitrogens is 3. The number of fused-ring (bicyclic) bond motifs is 1.